The number of thiazole rings is 1. The molecular formula is C13H18ClN5S. The maximum Gasteiger partial charge on any atom is 0.188 e. The molecule has 108 valence electrons. The third-order valence-electron chi connectivity index (χ3n) is 3.15. The summed E-state index contributed by atoms with van der Waals surface area (Å²) in [6.45, 7) is 6.35. The number of hydrogen-bond acceptors (Lipinski definition) is 6. The highest BCUT2D eigenvalue weighted by molar-refractivity contribution is 7.13. The summed E-state index contributed by atoms with van der Waals surface area (Å²) in [6, 6.07) is 2.38. The van der Waals surface area contributed by atoms with E-state index in [0.29, 0.717) is 11.9 Å². The van der Waals surface area contributed by atoms with Crippen LogP contribution in [0.25, 0.3) is 10.8 Å². The minimum absolute atomic E-state index is 0. The summed E-state index contributed by atoms with van der Waals surface area (Å²) in [4.78, 5) is 15.5. The van der Waals surface area contributed by atoms with E-state index in [9.17, 15) is 0 Å². The van der Waals surface area contributed by atoms with Gasteiger partial charge in [0.1, 0.15) is 0 Å². The number of hydrogen-bond donors (Lipinski definition) is 1. The van der Waals surface area contributed by atoms with Gasteiger partial charge >= 0.3 is 0 Å². The van der Waals surface area contributed by atoms with E-state index in [-0.39, 0.29) is 12.4 Å². The Morgan fingerprint density at radius 3 is 2.95 bits per heavy atom. The number of nitrogens with one attached hydrogen (secondary N) is 1. The van der Waals surface area contributed by atoms with Crippen LogP contribution >= 0.6 is 23.7 Å². The lowest BCUT2D eigenvalue weighted by Gasteiger charge is -2.31. The highest BCUT2D eigenvalue weighted by Gasteiger charge is 2.17. The molecule has 0 aliphatic carbocycles. The van der Waals surface area contributed by atoms with Gasteiger partial charge in [0.15, 0.2) is 10.8 Å². The van der Waals surface area contributed by atoms with Gasteiger partial charge in [-0.15, -0.1) is 23.7 Å². The molecule has 1 aliphatic rings. The molecule has 3 rings (SSSR count). The molecular weight excluding hydrogens is 294 g/mol. The van der Waals surface area contributed by atoms with Crippen LogP contribution in [0.2, 0.25) is 0 Å². The molecule has 1 fully saturated rings. The van der Waals surface area contributed by atoms with E-state index in [4.69, 9.17) is 0 Å². The standard InChI is InChI=1S/C13H17N5S.ClH/c1-10-7-18(6-5-14-10)8-11-9-19-13(17-11)12-15-3-2-4-16-12;/h2-4,9-10,14H,5-8H2,1H3;1H/t10-;/m0./s1. The van der Waals surface area contributed by atoms with Crippen molar-refractivity contribution in [1.82, 2.24) is 25.2 Å². The van der Waals surface area contributed by atoms with Crippen molar-refractivity contribution < 1.29 is 0 Å². The Morgan fingerprint density at radius 2 is 2.20 bits per heavy atom. The first-order chi connectivity index (χ1) is 9.31. The van der Waals surface area contributed by atoms with E-state index < -0.39 is 0 Å². The smallest absolute Gasteiger partial charge is 0.188 e. The normalized spacial score (nSPS) is 19.6. The Labute approximate surface area is 128 Å². The summed E-state index contributed by atoms with van der Waals surface area (Å²) >= 11 is 1.61. The Morgan fingerprint density at radius 1 is 1.40 bits per heavy atom. The van der Waals surface area contributed by atoms with Crippen LogP contribution in [0.4, 0.5) is 0 Å². The zero-order chi connectivity index (χ0) is 13.1. The average Bonchev–Trinajstić information content (AvgIpc) is 2.88. The van der Waals surface area contributed by atoms with Crippen molar-refractivity contribution in [2.75, 3.05) is 19.6 Å². The van der Waals surface area contributed by atoms with E-state index in [0.717, 1.165) is 36.9 Å². The van der Waals surface area contributed by atoms with Crippen molar-refractivity contribution in [3.63, 3.8) is 0 Å². The van der Waals surface area contributed by atoms with Crippen molar-refractivity contribution in [2.45, 2.75) is 19.5 Å². The van der Waals surface area contributed by atoms with Crippen LogP contribution in [0.5, 0.6) is 0 Å². The summed E-state index contributed by atoms with van der Waals surface area (Å²) in [5, 5.41) is 6.46. The Balaban J connectivity index is 0.00000147. The first-order valence-electron chi connectivity index (χ1n) is 6.49. The maximum absolute atomic E-state index is 4.63. The molecule has 0 spiro atoms. The molecule has 0 bridgehead atoms. The number of nitrogens with zero attached hydrogens (tertiary/aromatic N) is 4. The topological polar surface area (TPSA) is 53.9 Å². The Bertz CT molecular complexity index is 533. The lowest BCUT2D eigenvalue weighted by molar-refractivity contribution is 0.198. The molecule has 0 amide bonds. The van der Waals surface area contributed by atoms with E-state index in [2.05, 4.69) is 37.5 Å². The van der Waals surface area contributed by atoms with Crippen molar-refractivity contribution in [2.24, 2.45) is 0 Å². The number of halogens is 1. The van der Waals surface area contributed by atoms with Crippen molar-refractivity contribution in [3.8, 4) is 10.8 Å². The molecule has 0 unspecified atom stereocenters. The second-order valence-corrected chi connectivity index (χ2v) is 5.66. The molecule has 1 atom stereocenters. The SMILES string of the molecule is C[C@H]1CN(Cc2csc(-c3ncccn3)n2)CCN1.Cl. The fourth-order valence-corrected chi connectivity index (χ4v) is 3.03. The van der Waals surface area contributed by atoms with Crippen LogP contribution in [0, 0.1) is 0 Å². The van der Waals surface area contributed by atoms with Gasteiger partial charge in [-0.3, -0.25) is 4.90 Å². The molecule has 2 aromatic heterocycles. The van der Waals surface area contributed by atoms with Gasteiger partial charge < -0.3 is 5.32 Å². The van der Waals surface area contributed by atoms with E-state index in [1.54, 1.807) is 23.7 Å². The predicted molar refractivity (Wildman–Crippen MR) is 83.1 cm³/mol. The monoisotopic (exact) mass is 311 g/mol. The number of rotatable bonds is 3. The molecule has 3 heterocycles. The van der Waals surface area contributed by atoms with Crippen molar-refractivity contribution in [3.05, 3.63) is 29.5 Å². The van der Waals surface area contributed by atoms with Gasteiger partial charge in [0.2, 0.25) is 0 Å². The first kappa shape index (κ1) is 15.3. The molecule has 5 nitrogen and oxygen atoms in total. The van der Waals surface area contributed by atoms with Gasteiger partial charge in [-0.1, -0.05) is 0 Å². The minimum atomic E-state index is 0. The van der Waals surface area contributed by atoms with E-state index in [1.807, 2.05) is 6.07 Å². The lowest BCUT2D eigenvalue weighted by atomic mass is 10.2. The fourth-order valence-electron chi connectivity index (χ4n) is 2.28. The lowest BCUT2D eigenvalue weighted by Crippen LogP contribution is -2.48. The molecule has 7 heteroatoms. The highest BCUT2D eigenvalue weighted by Crippen LogP contribution is 2.20. The van der Waals surface area contributed by atoms with Crippen LogP contribution < -0.4 is 5.32 Å². The summed E-state index contributed by atoms with van der Waals surface area (Å²) in [7, 11) is 0. The van der Waals surface area contributed by atoms with Gasteiger partial charge in [-0.2, -0.15) is 0 Å². The largest absolute Gasteiger partial charge is 0.312 e. The molecule has 0 aromatic carbocycles. The van der Waals surface area contributed by atoms with Gasteiger partial charge in [-0.25, -0.2) is 15.0 Å². The van der Waals surface area contributed by atoms with Crippen LogP contribution in [-0.4, -0.2) is 45.5 Å². The predicted octanol–water partition coefficient (Wildman–Crippen LogP) is 1.82. The summed E-state index contributed by atoms with van der Waals surface area (Å²) in [6.07, 6.45) is 3.50. The first-order valence-corrected chi connectivity index (χ1v) is 7.37. The Hall–Kier alpha value is -1.08. The number of piperazine rings is 1. The second-order valence-electron chi connectivity index (χ2n) is 4.81. The van der Waals surface area contributed by atoms with E-state index in [1.165, 1.54) is 0 Å². The molecule has 2 aromatic rings. The van der Waals surface area contributed by atoms with Crippen LogP contribution in [0.15, 0.2) is 23.8 Å². The summed E-state index contributed by atoms with van der Waals surface area (Å²) < 4.78 is 0. The Kier molecular flexibility index (Phi) is 5.42. The molecule has 20 heavy (non-hydrogen) atoms. The second kappa shape index (κ2) is 7.08. The van der Waals surface area contributed by atoms with Crippen molar-refractivity contribution in [1.29, 1.82) is 0 Å². The quantitative estimate of drug-likeness (QED) is 0.937. The molecule has 1 N–H and O–H groups in total. The highest BCUT2D eigenvalue weighted by atomic mass is 35.5. The van der Waals surface area contributed by atoms with E-state index >= 15 is 0 Å². The van der Waals surface area contributed by atoms with Gasteiger partial charge in [0.25, 0.3) is 0 Å². The zero-order valence-corrected chi connectivity index (χ0v) is 13.0. The molecule has 1 saturated heterocycles. The molecule has 1 aliphatic heterocycles. The molecule has 0 radical (unpaired) electrons. The van der Waals surface area contributed by atoms with Gasteiger partial charge in [0, 0.05) is 50.0 Å². The maximum atomic E-state index is 4.63. The molecule has 0 saturated carbocycles. The summed E-state index contributed by atoms with van der Waals surface area (Å²) in [5.41, 5.74) is 1.11. The van der Waals surface area contributed by atoms with Gasteiger partial charge in [0.05, 0.1) is 5.69 Å². The van der Waals surface area contributed by atoms with Crippen LogP contribution in [-0.2, 0) is 6.54 Å². The third kappa shape index (κ3) is 3.73. The van der Waals surface area contributed by atoms with Crippen molar-refractivity contribution >= 4 is 23.7 Å². The minimum Gasteiger partial charge on any atom is -0.312 e. The van der Waals surface area contributed by atoms with Crippen LogP contribution in [0.1, 0.15) is 12.6 Å². The fraction of sp³-hybridized carbons (Fsp3) is 0.462. The summed E-state index contributed by atoms with van der Waals surface area (Å²) in [5.74, 6) is 0.715. The van der Waals surface area contributed by atoms with Crippen LogP contribution in [0.3, 0.4) is 0 Å². The average molecular weight is 312 g/mol. The zero-order valence-electron chi connectivity index (χ0n) is 11.3. The third-order valence-corrected chi connectivity index (χ3v) is 4.03. The number of aromatic nitrogens is 3. The van der Waals surface area contributed by atoms with Gasteiger partial charge in [-0.05, 0) is 13.0 Å².